The Hall–Kier alpha value is -2.89. The van der Waals surface area contributed by atoms with Crippen LogP contribution < -0.4 is 0 Å². The lowest BCUT2D eigenvalue weighted by Crippen LogP contribution is -2.39. The Balaban J connectivity index is 1.75. The molecule has 1 fully saturated rings. The highest BCUT2D eigenvalue weighted by Gasteiger charge is 2.42. The number of halogens is 1. The first-order valence-corrected chi connectivity index (χ1v) is 9.18. The largest absolute Gasteiger partial charge is 0.467 e. The highest BCUT2D eigenvalue weighted by Crippen LogP contribution is 2.34. The number of rotatable bonds is 4. The van der Waals surface area contributed by atoms with Crippen LogP contribution in [0.15, 0.2) is 52.8 Å². The van der Waals surface area contributed by atoms with Gasteiger partial charge >= 0.3 is 0 Å². The number of hydrogen-bond acceptors (Lipinski definition) is 4. The van der Waals surface area contributed by atoms with E-state index in [1.807, 2.05) is 4.90 Å². The zero-order chi connectivity index (χ0) is 19.0. The molecule has 0 bridgehead atoms. The molecule has 0 aliphatic carbocycles. The van der Waals surface area contributed by atoms with Gasteiger partial charge in [0.15, 0.2) is 0 Å². The Labute approximate surface area is 157 Å². The molecule has 0 radical (unpaired) electrons. The Kier molecular flexibility index (Phi) is 4.56. The van der Waals surface area contributed by atoms with Crippen LogP contribution in [0, 0.1) is 11.7 Å². The van der Waals surface area contributed by atoms with Gasteiger partial charge in [-0.2, -0.15) is 0 Å². The average molecular weight is 368 g/mol. The average Bonchev–Trinajstić information content (AvgIpc) is 3.25. The van der Waals surface area contributed by atoms with Gasteiger partial charge < -0.3 is 9.32 Å². The molecule has 2 aliphatic heterocycles. The van der Waals surface area contributed by atoms with Crippen molar-refractivity contribution in [3.63, 3.8) is 0 Å². The van der Waals surface area contributed by atoms with Crippen molar-refractivity contribution in [3.8, 4) is 0 Å². The predicted octanol–water partition coefficient (Wildman–Crippen LogP) is 3.43. The maximum absolute atomic E-state index is 13.4. The first kappa shape index (κ1) is 17.5. The fraction of sp³-hybridized carbons (Fsp3) is 0.333. The second kappa shape index (κ2) is 7.02. The van der Waals surface area contributed by atoms with Gasteiger partial charge in [0.05, 0.1) is 18.4 Å². The van der Waals surface area contributed by atoms with Crippen molar-refractivity contribution in [1.29, 1.82) is 0 Å². The van der Waals surface area contributed by atoms with E-state index in [1.54, 1.807) is 24.3 Å². The monoisotopic (exact) mass is 368 g/mol. The summed E-state index contributed by atoms with van der Waals surface area (Å²) in [6, 6.07) is 9.19. The molecule has 4 rings (SSSR count). The summed E-state index contributed by atoms with van der Waals surface area (Å²) in [5.41, 5.74) is 1.33. The maximum Gasteiger partial charge on any atom is 0.278 e. The van der Waals surface area contributed by atoms with Crippen LogP contribution in [-0.4, -0.2) is 34.7 Å². The zero-order valence-electron chi connectivity index (χ0n) is 15.2. The van der Waals surface area contributed by atoms with Gasteiger partial charge in [0.1, 0.15) is 17.3 Å². The SMILES string of the molecule is CC1CCCN(C2=C(c3ccc(F)cc3)C(=O)N(Cc3ccco3)C2=O)C1. The number of likely N-dealkylation sites (tertiary alicyclic amines) is 1. The van der Waals surface area contributed by atoms with Gasteiger partial charge in [-0.3, -0.25) is 14.5 Å². The maximum atomic E-state index is 13.4. The molecular formula is C21H21FN2O3. The molecule has 2 amide bonds. The highest BCUT2D eigenvalue weighted by molar-refractivity contribution is 6.35. The summed E-state index contributed by atoms with van der Waals surface area (Å²) in [5.74, 6) is -0.0658. The number of carbonyl (C=O) groups is 2. The van der Waals surface area contributed by atoms with Crippen LogP contribution in [0.5, 0.6) is 0 Å². The molecule has 1 aromatic carbocycles. The number of nitrogens with zero attached hydrogens (tertiary/aromatic N) is 2. The van der Waals surface area contributed by atoms with Crippen LogP contribution in [-0.2, 0) is 16.1 Å². The van der Waals surface area contributed by atoms with E-state index in [0.717, 1.165) is 25.9 Å². The van der Waals surface area contributed by atoms with E-state index >= 15 is 0 Å². The second-order valence-corrected chi connectivity index (χ2v) is 7.20. The third kappa shape index (κ3) is 3.27. The lowest BCUT2D eigenvalue weighted by Gasteiger charge is -2.33. The fourth-order valence-electron chi connectivity index (χ4n) is 3.83. The van der Waals surface area contributed by atoms with E-state index in [-0.39, 0.29) is 24.2 Å². The smallest absolute Gasteiger partial charge is 0.278 e. The number of amides is 2. The van der Waals surface area contributed by atoms with Gasteiger partial charge in [-0.25, -0.2) is 4.39 Å². The molecule has 1 aromatic heterocycles. The number of carbonyl (C=O) groups excluding carboxylic acids is 2. The molecule has 140 valence electrons. The highest BCUT2D eigenvalue weighted by atomic mass is 19.1. The van der Waals surface area contributed by atoms with Gasteiger partial charge in [-0.15, -0.1) is 0 Å². The lowest BCUT2D eigenvalue weighted by atomic mass is 9.98. The topological polar surface area (TPSA) is 53.8 Å². The van der Waals surface area contributed by atoms with E-state index in [2.05, 4.69) is 6.92 Å². The summed E-state index contributed by atoms with van der Waals surface area (Å²) >= 11 is 0. The van der Waals surface area contributed by atoms with Gasteiger partial charge in [-0.1, -0.05) is 19.1 Å². The fourth-order valence-corrected chi connectivity index (χ4v) is 3.83. The Morgan fingerprint density at radius 2 is 1.93 bits per heavy atom. The van der Waals surface area contributed by atoms with E-state index in [9.17, 15) is 14.0 Å². The number of hydrogen-bond donors (Lipinski definition) is 0. The molecule has 0 N–H and O–H groups in total. The van der Waals surface area contributed by atoms with Gasteiger partial charge in [0, 0.05) is 13.1 Å². The van der Waals surface area contributed by atoms with E-state index in [4.69, 9.17) is 4.42 Å². The molecule has 2 aromatic rings. The zero-order valence-corrected chi connectivity index (χ0v) is 15.2. The third-order valence-electron chi connectivity index (χ3n) is 5.14. The molecule has 1 saturated heterocycles. The van der Waals surface area contributed by atoms with Crippen LogP contribution in [0.4, 0.5) is 4.39 Å². The lowest BCUT2D eigenvalue weighted by molar-refractivity contribution is -0.138. The van der Waals surface area contributed by atoms with E-state index in [1.165, 1.54) is 23.3 Å². The van der Waals surface area contributed by atoms with Crippen molar-refractivity contribution in [3.05, 3.63) is 65.5 Å². The van der Waals surface area contributed by atoms with Crippen LogP contribution >= 0.6 is 0 Å². The van der Waals surface area contributed by atoms with Crippen molar-refractivity contribution in [1.82, 2.24) is 9.80 Å². The molecule has 27 heavy (non-hydrogen) atoms. The molecule has 5 nitrogen and oxygen atoms in total. The summed E-state index contributed by atoms with van der Waals surface area (Å²) in [6.07, 6.45) is 3.59. The van der Waals surface area contributed by atoms with Gasteiger partial charge in [-0.05, 0) is 48.6 Å². The van der Waals surface area contributed by atoms with Crippen molar-refractivity contribution in [2.45, 2.75) is 26.3 Å². The standard InChI is InChI=1S/C21H21FN2O3/c1-14-4-2-10-23(12-14)19-18(15-6-8-16(22)9-7-15)20(25)24(21(19)26)13-17-5-3-11-27-17/h3,5-9,11,14H,2,4,10,12-13H2,1H3. The number of piperidine rings is 1. The summed E-state index contributed by atoms with van der Waals surface area (Å²) in [6.45, 7) is 3.69. The van der Waals surface area contributed by atoms with Crippen molar-refractivity contribution >= 4 is 17.4 Å². The third-order valence-corrected chi connectivity index (χ3v) is 5.14. The molecule has 1 unspecified atom stereocenters. The molecular weight excluding hydrogens is 347 g/mol. The Bertz CT molecular complexity index is 887. The Morgan fingerprint density at radius 3 is 2.59 bits per heavy atom. The molecule has 3 heterocycles. The van der Waals surface area contributed by atoms with Crippen LogP contribution in [0.3, 0.4) is 0 Å². The summed E-state index contributed by atoms with van der Waals surface area (Å²) < 4.78 is 18.7. The molecule has 1 atom stereocenters. The number of furan rings is 1. The second-order valence-electron chi connectivity index (χ2n) is 7.20. The van der Waals surface area contributed by atoms with Crippen molar-refractivity contribution < 1.29 is 18.4 Å². The van der Waals surface area contributed by atoms with E-state index in [0.29, 0.717) is 28.5 Å². The molecule has 0 spiro atoms. The minimum Gasteiger partial charge on any atom is -0.467 e. The van der Waals surface area contributed by atoms with Gasteiger partial charge in [0.25, 0.3) is 11.8 Å². The van der Waals surface area contributed by atoms with Crippen molar-refractivity contribution in [2.75, 3.05) is 13.1 Å². The number of imide groups is 1. The molecule has 2 aliphatic rings. The van der Waals surface area contributed by atoms with Crippen LogP contribution in [0.25, 0.3) is 5.57 Å². The minimum atomic E-state index is -0.378. The molecule has 0 saturated carbocycles. The van der Waals surface area contributed by atoms with Crippen LogP contribution in [0.2, 0.25) is 0 Å². The predicted molar refractivity (Wildman–Crippen MR) is 97.6 cm³/mol. The first-order chi connectivity index (χ1) is 13.0. The van der Waals surface area contributed by atoms with Crippen molar-refractivity contribution in [2.24, 2.45) is 5.92 Å². The summed E-state index contributed by atoms with van der Waals surface area (Å²) in [5, 5.41) is 0. The van der Waals surface area contributed by atoms with Gasteiger partial charge in [0.2, 0.25) is 0 Å². The summed E-state index contributed by atoms with van der Waals surface area (Å²) in [7, 11) is 0. The quantitative estimate of drug-likeness (QED) is 0.776. The summed E-state index contributed by atoms with van der Waals surface area (Å²) in [4.78, 5) is 29.6. The van der Waals surface area contributed by atoms with Crippen LogP contribution in [0.1, 0.15) is 31.1 Å². The number of benzene rings is 1. The minimum absolute atomic E-state index is 0.0856. The Morgan fingerprint density at radius 1 is 1.15 bits per heavy atom. The van der Waals surface area contributed by atoms with E-state index < -0.39 is 0 Å². The first-order valence-electron chi connectivity index (χ1n) is 9.18. The normalized spacial score (nSPS) is 20.7. The molecule has 6 heteroatoms.